The molecule has 8 rings (SSSR count). The highest BCUT2D eigenvalue weighted by Gasteiger charge is 2.44. The van der Waals surface area contributed by atoms with Crippen LogP contribution in [0.4, 0.5) is 0 Å². The zero-order chi connectivity index (χ0) is 69.3. The summed E-state index contributed by atoms with van der Waals surface area (Å²) >= 11 is 0. The van der Waals surface area contributed by atoms with Gasteiger partial charge in [0.25, 0.3) is 0 Å². The van der Waals surface area contributed by atoms with Crippen molar-refractivity contribution in [2.75, 3.05) is 42.0 Å². The van der Waals surface area contributed by atoms with Crippen LogP contribution in [0, 0.1) is 0 Å². The van der Waals surface area contributed by atoms with Crippen LogP contribution >= 0.6 is 15.8 Å². The molecule has 92 heavy (non-hydrogen) atoms. The van der Waals surface area contributed by atoms with Crippen LogP contribution in [0.3, 0.4) is 0 Å². The van der Waals surface area contributed by atoms with E-state index in [1.807, 2.05) is 28.4 Å². The molecule has 0 N–H and O–H groups in total. The van der Waals surface area contributed by atoms with Crippen molar-refractivity contribution in [3.63, 3.8) is 0 Å². The number of fused-ring (bicyclic) bond motifs is 2. The molecule has 0 fully saturated rings. The summed E-state index contributed by atoms with van der Waals surface area (Å²) < 4.78 is 55.1. The molecule has 0 saturated carbocycles. The van der Waals surface area contributed by atoms with Gasteiger partial charge in [0.2, 0.25) is 13.6 Å². The largest absolute Gasteiger partial charge is 0.496 e. The summed E-state index contributed by atoms with van der Waals surface area (Å²) in [5.41, 5.74) is 9.94. The Morgan fingerprint density at radius 1 is 0.239 bits per heavy atom. The van der Waals surface area contributed by atoms with Crippen molar-refractivity contribution in [2.24, 2.45) is 0 Å². The molecule has 0 aliphatic carbocycles. The molecule has 0 saturated heterocycles. The van der Waals surface area contributed by atoms with E-state index in [-0.39, 0.29) is 56.9 Å². The third kappa shape index (κ3) is 13.8. The lowest BCUT2D eigenvalue weighted by molar-refractivity contribution is 0.171. The summed E-state index contributed by atoms with van der Waals surface area (Å²) in [5.74, 6) is 6.61. The predicted octanol–water partition coefficient (Wildman–Crippen LogP) is 19.3. The summed E-state index contributed by atoms with van der Waals surface area (Å²) in [7, 11) is 4.16. The highest BCUT2D eigenvalue weighted by Crippen LogP contribution is 2.60. The molecule has 0 amide bonds. The molecule has 0 aromatic heterocycles. The lowest BCUT2D eigenvalue weighted by Crippen LogP contribution is -2.32. The van der Waals surface area contributed by atoms with E-state index in [1.54, 1.807) is 0 Å². The Bertz CT molecular complexity index is 3230. The van der Waals surface area contributed by atoms with Crippen LogP contribution in [0.5, 0.6) is 46.0 Å². The standard InChI is InChI=1S/C82H116O8P2/c1-73(2,3)51-35-47(36-52(65(51)83-31)74(4,5)6)91(48-37-53(75(7,8)9)66(84-32)54(38-48)76(10,11)12)61-43-59(81(25,26)27)69-71(89-45-87-69)63(61)64-62(44-60(82(28,29)30)70-72(64)90-46-88-70)92(49-39-55(77(13,14)15)67(85-33)56(40-49)78(16,17)18)50-41-57(79(19,20)21)68(86-34)58(42-50)80(22,23)24/h35-44H,45-46H2,1-34H3. The molecule has 10 heteroatoms. The second-order valence-corrected chi connectivity index (χ2v) is 40.6. The van der Waals surface area contributed by atoms with Crippen molar-refractivity contribution < 1.29 is 37.9 Å². The Hall–Kier alpha value is -5.42. The summed E-state index contributed by atoms with van der Waals surface area (Å²) in [6.45, 7) is 69.4. The van der Waals surface area contributed by atoms with E-state index in [0.29, 0.717) is 11.5 Å². The van der Waals surface area contributed by atoms with E-state index in [1.165, 1.54) is 21.2 Å². The van der Waals surface area contributed by atoms with E-state index < -0.39 is 26.7 Å². The first-order valence-electron chi connectivity index (χ1n) is 33.3. The quantitative estimate of drug-likeness (QED) is 0.119. The topological polar surface area (TPSA) is 73.8 Å². The van der Waals surface area contributed by atoms with Crippen molar-refractivity contribution in [1.82, 2.24) is 0 Å². The molecule has 2 aliphatic heterocycles. The van der Waals surface area contributed by atoms with Crippen LogP contribution in [-0.2, 0) is 54.1 Å². The fourth-order valence-corrected chi connectivity index (χ4v) is 18.4. The van der Waals surface area contributed by atoms with Crippen molar-refractivity contribution >= 4 is 47.7 Å². The first-order chi connectivity index (χ1) is 41.8. The molecule has 6 aromatic rings. The first kappa shape index (κ1) is 72.4. The average Bonchev–Trinajstić information content (AvgIpc) is 1.20. The fourth-order valence-electron chi connectivity index (χ4n) is 13.2. The number of hydrogen-bond acceptors (Lipinski definition) is 8. The fraction of sp³-hybridized carbons (Fsp3) is 0.561. The molecular formula is C82H116O8P2. The first-order valence-corrected chi connectivity index (χ1v) is 36.0. The molecule has 2 heterocycles. The van der Waals surface area contributed by atoms with Gasteiger partial charge in [0, 0.05) is 66.8 Å². The highest BCUT2D eigenvalue weighted by atomic mass is 31.1. The molecule has 6 aromatic carbocycles. The van der Waals surface area contributed by atoms with E-state index in [0.717, 1.165) is 112 Å². The van der Waals surface area contributed by atoms with Crippen molar-refractivity contribution in [3.05, 3.63) is 116 Å². The van der Waals surface area contributed by atoms with Crippen molar-refractivity contribution in [3.8, 4) is 57.1 Å². The molecule has 0 unspecified atom stereocenters. The predicted molar refractivity (Wildman–Crippen MR) is 395 cm³/mol. The Morgan fingerprint density at radius 3 is 0.554 bits per heavy atom. The van der Waals surface area contributed by atoms with Crippen LogP contribution in [0.1, 0.15) is 263 Å². The molecule has 2 aliphatic rings. The van der Waals surface area contributed by atoms with E-state index in [2.05, 4.69) is 268 Å². The molecular weight excluding hydrogens is 1170 g/mol. The second-order valence-electron chi connectivity index (χ2n) is 36.2. The Kier molecular flexibility index (Phi) is 19.2. The summed E-state index contributed by atoms with van der Waals surface area (Å²) in [6.07, 6.45) is 0. The minimum absolute atomic E-state index is 0.0526. The lowest BCUT2D eigenvalue weighted by Gasteiger charge is -2.36. The molecule has 502 valence electrons. The monoisotopic (exact) mass is 1290 g/mol. The van der Waals surface area contributed by atoms with Gasteiger partial charge in [-0.1, -0.05) is 208 Å². The lowest BCUT2D eigenvalue weighted by atomic mass is 9.79. The Labute approximate surface area is 559 Å². The van der Waals surface area contributed by atoms with Crippen LogP contribution in [0.25, 0.3) is 11.1 Å². The molecule has 0 radical (unpaired) electrons. The maximum absolute atomic E-state index is 7.31. The summed E-state index contributed by atoms with van der Waals surface area (Å²) in [5, 5.41) is 7.05. The SMILES string of the molecule is COc1c(C(C)(C)C)cc(P(c2cc(C(C)(C)C)c(OC)c(C(C)(C)C)c2)c2cc(C(C)(C)C)c3c(c2-c2c(P(c4cc(C(C)(C)C)c(OC)c(C(C)(C)C)c4)c4cc(C(C)(C)C)c(OC)c(C(C)(C)C)c4)cc(C(C)(C)C)c4c2OCO4)OCO3)cc1C(C)(C)C. The normalized spacial score (nSPS) is 14.4. The molecule has 8 nitrogen and oxygen atoms in total. The minimum atomic E-state index is -1.59. The van der Waals surface area contributed by atoms with Crippen LogP contribution in [0.15, 0.2) is 60.7 Å². The van der Waals surface area contributed by atoms with Gasteiger partial charge in [-0.3, -0.25) is 0 Å². The van der Waals surface area contributed by atoms with Crippen LogP contribution < -0.4 is 69.7 Å². The smallest absolute Gasteiger partial charge is 0.231 e. The number of benzene rings is 6. The van der Waals surface area contributed by atoms with Gasteiger partial charge in [0.15, 0.2) is 23.0 Å². The van der Waals surface area contributed by atoms with E-state index in [4.69, 9.17) is 37.9 Å². The summed E-state index contributed by atoms with van der Waals surface area (Å²) in [6, 6.07) is 24.8. The van der Waals surface area contributed by atoms with Gasteiger partial charge in [-0.15, -0.1) is 0 Å². The van der Waals surface area contributed by atoms with Gasteiger partial charge < -0.3 is 37.9 Å². The van der Waals surface area contributed by atoms with Gasteiger partial charge in [-0.05, 0) is 162 Å². The second kappa shape index (κ2) is 24.3. The number of methoxy groups -OCH3 is 4. The minimum Gasteiger partial charge on any atom is -0.496 e. The highest BCUT2D eigenvalue weighted by molar-refractivity contribution is 7.81. The Balaban J connectivity index is 1.79. The maximum atomic E-state index is 7.31. The Morgan fingerprint density at radius 2 is 0.402 bits per heavy atom. The van der Waals surface area contributed by atoms with E-state index >= 15 is 0 Å². The molecule has 0 atom stereocenters. The van der Waals surface area contributed by atoms with Crippen molar-refractivity contribution in [2.45, 2.75) is 262 Å². The zero-order valence-corrected chi connectivity index (χ0v) is 65.1. The van der Waals surface area contributed by atoms with Crippen molar-refractivity contribution in [1.29, 1.82) is 0 Å². The zero-order valence-electron chi connectivity index (χ0n) is 63.3. The third-order valence-corrected chi connectivity index (χ3v) is 23.0. The summed E-state index contributed by atoms with van der Waals surface area (Å²) in [4.78, 5) is 0. The van der Waals surface area contributed by atoms with Gasteiger partial charge in [-0.2, -0.15) is 0 Å². The number of ether oxygens (including phenoxy) is 8. The molecule has 0 bridgehead atoms. The number of rotatable bonds is 11. The number of hydrogen-bond donors (Lipinski definition) is 0. The average molecular weight is 1290 g/mol. The van der Waals surface area contributed by atoms with Crippen LogP contribution in [-0.4, -0.2) is 42.0 Å². The van der Waals surface area contributed by atoms with Gasteiger partial charge in [0.1, 0.15) is 23.0 Å². The van der Waals surface area contributed by atoms with E-state index in [9.17, 15) is 0 Å². The van der Waals surface area contributed by atoms with Crippen LogP contribution in [0.2, 0.25) is 0 Å². The van der Waals surface area contributed by atoms with Gasteiger partial charge in [0.05, 0.1) is 28.4 Å². The maximum Gasteiger partial charge on any atom is 0.231 e. The molecule has 0 spiro atoms. The van der Waals surface area contributed by atoms with Gasteiger partial charge in [-0.25, -0.2) is 0 Å². The third-order valence-electron chi connectivity index (χ3n) is 18.2. The van der Waals surface area contributed by atoms with Gasteiger partial charge >= 0.3 is 0 Å².